The Labute approximate surface area is 178 Å². The molecule has 0 saturated carbocycles. The first-order valence-corrected chi connectivity index (χ1v) is 13.2. The highest BCUT2D eigenvalue weighted by Crippen LogP contribution is 2.66. The average molecular weight is 526 g/mol. The van der Waals surface area contributed by atoms with Crippen LogP contribution in [-0.2, 0) is 31.6 Å². The molecule has 1 aromatic heterocycles. The first-order valence-electron chi connectivity index (χ1n) is 8.70. The van der Waals surface area contributed by atoms with Crippen molar-refractivity contribution in [1.82, 2.24) is 9.55 Å². The normalized spacial score (nSPS) is 28.7. The van der Waals surface area contributed by atoms with Crippen molar-refractivity contribution >= 4 is 23.5 Å². The van der Waals surface area contributed by atoms with E-state index < -0.39 is 65.4 Å². The Bertz CT molecular complexity index is 1060. The minimum atomic E-state index is -5.77. The maximum atomic E-state index is 12.1. The van der Waals surface area contributed by atoms with Crippen LogP contribution in [0.2, 0.25) is 0 Å². The summed E-state index contributed by atoms with van der Waals surface area (Å²) in [6.45, 7) is 1.58. The largest absolute Gasteiger partial charge is 0.490 e. The Morgan fingerprint density at radius 3 is 2.25 bits per heavy atom. The van der Waals surface area contributed by atoms with Gasteiger partial charge in [0.25, 0.3) is 5.56 Å². The Balaban J connectivity index is 2.25. The molecule has 17 nitrogen and oxygen atoms in total. The molecule has 0 radical (unpaired) electrons. The number of aliphatic hydroxyl groups excluding tert-OH is 2. The summed E-state index contributed by atoms with van der Waals surface area (Å²) < 4.78 is 52.5. The minimum absolute atomic E-state index is 0.148. The molecule has 3 unspecified atom stereocenters. The van der Waals surface area contributed by atoms with Gasteiger partial charge in [-0.3, -0.25) is 18.9 Å². The first kappa shape index (κ1) is 27.2. The summed E-state index contributed by atoms with van der Waals surface area (Å²) in [5.41, 5.74) is -1.73. The maximum absolute atomic E-state index is 12.1. The summed E-state index contributed by atoms with van der Waals surface area (Å²) in [5, 5.41) is 20.6. The van der Waals surface area contributed by atoms with Crippen molar-refractivity contribution < 1.29 is 61.4 Å². The number of ether oxygens (including phenoxy) is 1. The summed E-state index contributed by atoms with van der Waals surface area (Å²) in [5.74, 6) is 0. The first-order chi connectivity index (χ1) is 14.6. The van der Waals surface area contributed by atoms with Crippen molar-refractivity contribution in [1.29, 1.82) is 0 Å². The van der Waals surface area contributed by atoms with Gasteiger partial charge < -0.3 is 34.5 Å². The van der Waals surface area contributed by atoms with Crippen LogP contribution in [0.4, 0.5) is 0 Å². The molecule has 0 amide bonds. The summed E-state index contributed by atoms with van der Waals surface area (Å²) >= 11 is 0. The van der Waals surface area contributed by atoms with Crippen molar-refractivity contribution in [2.45, 2.75) is 50.4 Å². The van der Waals surface area contributed by atoms with E-state index in [1.807, 2.05) is 4.98 Å². The van der Waals surface area contributed by atoms with Crippen LogP contribution in [0, 0.1) is 0 Å². The second-order valence-corrected chi connectivity index (χ2v) is 10.9. The third kappa shape index (κ3) is 7.23. The number of phosphoric acid groups is 3. The van der Waals surface area contributed by atoms with Crippen LogP contribution in [0.5, 0.6) is 0 Å². The number of H-pyrrole nitrogens is 1. The Morgan fingerprint density at radius 2 is 1.72 bits per heavy atom. The number of phosphoric ester groups is 1. The molecular weight excluding hydrogens is 505 g/mol. The van der Waals surface area contributed by atoms with Crippen LogP contribution in [0.15, 0.2) is 21.9 Å². The minimum Gasteiger partial charge on any atom is -0.387 e. The molecule has 0 spiro atoms. The van der Waals surface area contributed by atoms with Gasteiger partial charge in [0.2, 0.25) is 0 Å². The Kier molecular flexibility index (Phi) is 8.57. The van der Waals surface area contributed by atoms with Gasteiger partial charge >= 0.3 is 29.2 Å². The van der Waals surface area contributed by atoms with Crippen molar-refractivity contribution in [2.75, 3.05) is 0 Å². The average Bonchev–Trinajstić information content (AvgIpc) is 2.86. The summed E-state index contributed by atoms with van der Waals surface area (Å²) in [6, 6.07) is 0.937. The quantitative estimate of drug-likeness (QED) is 0.174. The highest BCUT2D eigenvalue weighted by molar-refractivity contribution is 7.66. The molecule has 7 atom stereocenters. The number of aromatic amines is 1. The van der Waals surface area contributed by atoms with Crippen molar-refractivity contribution in [3.63, 3.8) is 0 Å². The Hall–Kier alpha value is -1.03. The standard InChI is InChI=1S/C12H21N2O15P3/c1-2-3-6(27-31(22,23)29-32(24,25)28-30(19,20)21)10-8(16)9(17)11(26-10)14-5-4-7(15)13-12(14)18/h4-6,8-11,16-17H,2-3H2,1H3,(H,22,23)(H,24,25)(H,13,15,18)(H2,19,20,21)/t6?,8-,9+,10+,11+/m0/s1. The van der Waals surface area contributed by atoms with Crippen molar-refractivity contribution in [2.24, 2.45) is 0 Å². The van der Waals surface area contributed by atoms with E-state index in [0.29, 0.717) is 0 Å². The van der Waals surface area contributed by atoms with Crippen molar-refractivity contribution in [3.05, 3.63) is 33.1 Å². The smallest absolute Gasteiger partial charge is 0.387 e. The molecule has 32 heavy (non-hydrogen) atoms. The van der Waals surface area contributed by atoms with Gasteiger partial charge in [-0.2, -0.15) is 8.62 Å². The fraction of sp³-hybridized carbons (Fsp3) is 0.667. The lowest BCUT2D eigenvalue weighted by Crippen LogP contribution is -2.40. The lowest BCUT2D eigenvalue weighted by molar-refractivity contribution is -0.0852. The highest BCUT2D eigenvalue weighted by atomic mass is 31.3. The molecule has 1 aromatic rings. The van der Waals surface area contributed by atoms with Crippen LogP contribution in [-0.4, -0.2) is 63.8 Å². The van der Waals surface area contributed by atoms with E-state index in [4.69, 9.17) is 19.0 Å². The number of aliphatic hydroxyl groups is 2. The lowest BCUT2D eigenvalue weighted by Gasteiger charge is -2.27. The van der Waals surface area contributed by atoms with E-state index in [2.05, 4.69) is 8.62 Å². The monoisotopic (exact) mass is 526 g/mol. The number of nitrogens with zero attached hydrogens (tertiary/aromatic N) is 1. The lowest BCUT2D eigenvalue weighted by atomic mass is 10.0. The molecule has 1 aliphatic heterocycles. The van der Waals surface area contributed by atoms with E-state index in [-0.39, 0.29) is 12.8 Å². The fourth-order valence-corrected chi connectivity index (χ4v) is 6.11. The molecule has 7 N–H and O–H groups in total. The zero-order valence-corrected chi connectivity index (χ0v) is 18.8. The summed E-state index contributed by atoms with van der Waals surface area (Å²) in [7, 11) is -16.9. The van der Waals surface area contributed by atoms with Gasteiger partial charge in [0.15, 0.2) is 6.23 Å². The highest BCUT2D eigenvalue weighted by Gasteiger charge is 2.50. The van der Waals surface area contributed by atoms with Gasteiger partial charge in [0, 0.05) is 12.3 Å². The van der Waals surface area contributed by atoms with Gasteiger partial charge in [0.1, 0.15) is 18.3 Å². The van der Waals surface area contributed by atoms with E-state index in [0.717, 1.165) is 16.8 Å². The molecule has 2 heterocycles. The predicted octanol–water partition coefficient (Wildman–Crippen LogP) is -1.33. The molecule has 1 aliphatic rings. The van der Waals surface area contributed by atoms with E-state index >= 15 is 0 Å². The molecular formula is C12H21N2O15P3. The third-order valence-corrected chi connectivity index (χ3v) is 7.89. The van der Waals surface area contributed by atoms with Crippen LogP contribution in [0.3, 0.4) is 0 Å². The second-order valence-electron chi connectivity index (χ2n) is 6.51. The van der Waals surface area contributed by atoms with Gasteiger partial charge in [0.05, 0.1) is 6.10 Å². The van der Waals surface area contributed by atoms with Crippen LogP contribution in [0.1, 0.15) is 26.0 Å². The number of aromatic nitrogens is 2. The van der Waals surface area contributed by atoms with Gasteiger partial charge in [-0.25, -0.2) is 18.5 Å². The number of rotatable bonds is 10. The topological polar surface area (TPSA) is 264 Å². The molecule has 1 fully saturated rings. The van der Waals surface area contributed by atoms with E-state index in [9.17, 15) is 43.3 Å². The molecule has 0 aromatic carbocycles. The third-order valence-electron chi connectivity index (χ3n) is 4.02. The molecule has 1 saturated heterocycles. The molecule has 20 heteroatoms. The number of hydrogen-bond donors (Lipinski definition) is 7. The SMILES string of the molecule is CCCC(OP(=O)(O)OP(=O)(O)OP(=O)(O)O)[C@H]1O[C@@H](n2ccc(=O)[nH]c2=O)[C@H](O)[C@@H]1O. The molecule has 0 bridgehead atoms. The van der Waals surface area contributed by atoms with Gasteiger partial charge in [-0.1, -0.05) is 13.3 Å². The van der Waals surface area contributed by atoms with Crippen LogP contribution >= 0.6 is 23.5 Å². The molecule has 184 valence electrons. The van der Waals surface area contributed by atoms with Gasteiger partial charge in [-0.05, 0) is 6.42 Å². The number of nitrogens with one attached hydrogen (secondary N) is 1. The van der Waals surface area contributed by atoms with Gasteiger partial charge in [-0.15, -0.1) is 0 Å². The van der Waals surface area contributed by atoms with E-state index in [1.54, 1.807) is 6.92 Å². The summed E-state index contributed by atoms with van der Waals surface area (Å²) in [6.07, 6.45) is -7.24. The fourth-order valence-electron chi connectivity index (χ4n) is 2.88. The number of hydrogen-bond acceptors (Lipinski definition) is 11. The maximum Gasteiger partial charge on any atom is 0.490 e. The Morgan fingerprint density at radius 1 is 1.09 bits per heavy atom. The van der Waals surface area contributed by atoms with Crippen molar-refractivity contribution in [3.8, 4) is 0 Å². The molecule has 2 rings (SSSR count). The zero-order valence-electron chi connectivity index (χ0n) is 16.1. The van der Waals surface area contributed by atoms with E-state index in [1.165, 1.54) is 0 Å². The zero-order chi connectivity index (χ0) is 24.5. The van der Waals surface area contributed by atoms with Crippen LogP contribution in [0.25, 0.3) is 0 Å². The summed E-state index contributed by atoms with van der Waals surface area (Å²) in [4.78, 5) is 61.2. The van der Waals surface area contributed by atoms with Crippen LogP contribution < -0.4 is 11.2 Å². The predicted molar refractivity (Wildman–Crippen MR) is 101 cm³/mol. The molecule has 0 aliphatic carbocycles. The second kappa shape index (κ2) is 10.1.